The van der Waals surface area contributed by atoms with Gasteiger partial charge >= 0.3 is 0 Å². The van der Waals surface area contributed by atoms with Gasteiger partial charge < -0.3 is 15.0 Å². The second kappa shape index (κ2) is 6.89. The Kier molecular flexibility index (Phi) is 4.44. The number of aromatic amines is 1. The van der Waals surface area contributed by atoms with E-state index < -0.39 is 0 Å². The number of fused-ring (bicyclic) bond motifs is 1. The average Bonchev–Trinajstić information content (AvgIpc) is 3.27. The van der Waals surface area contributed by atoms with Crippen LogP contribution in [-0.4, -0.2) is 63.4 Å². The van der Waals surface area contributed by atoms with E-state index in [1.807, 2.05) is 36.1 Å². The third-order valence-electron chi connectivity index (χ3n) is 4.89. The van der Waals surface area contributed by atoms with E-state index in [9.17, 15) is 4.79 Å². The largest absolute Gasteiger partial charge is 0.373 e. The first-order valence-corrected chi connectivity index (χ1v) is 8.64. The highest BCUT2D eigenvalue weighted by Crippen LogP contribution is 2.27. The van der Waals surface area contributed by atoms with Crippen LogP contribution in [-0.2, 0) is 11.8 Å². The zero-order valence-electron chi connectivity index (χ0n) is 14.8. The quantitative estimate of drug-likeness (QED) is 0.732. The van der Waals surface area contributed by atoms with Crippen LogP contribution in [0.15, 0.2) is 36.8 Å². The van der Waals surface area contributed by atoms with Gasteiger partial charge in [-0.3, -0.25) is 14.4 Å². The molecular weight excluding hydrogens is 332 g/mol. The van der Waals surface area contributed by atoms with E-state index in [-0.39, 0.29) is 18.1 Å². The van der Waals surface area contributed by atoms with Crippen molar-refractivity contribution >= 4 is 16.9 Å². The number of carbonyl (C=O) groups is 1. The number of hydrogen-bond acceptors (Lipinski definition) is 5. The van der Waals surface area contributed by atoms with Crippen LogP contribution in [0.3, 0.4) is 0 Å². The summed E-state index contributed by atoms with van der Waals surface area (Å²) in [4.78, 5) is 22.1. The first kappa shape index (κ1) is 16.7. The molecule has 8 nitrogen and oxygen atoms in total. The lowest BCUT2D eigenvalue weighted by molar-refractivity contribution is -0.0629. The van der Waals surface area contributed by atoms with Crippen molar-refractivity contribution in [2.45, 2.75) is 12.1 Å². The molecule has 0 bridgehead atoms. The minimum absolute atomic E-state index is 0.0434. The molecule has 1 saturated heterocycles. The van der Waals surface area contributed by atoms with E-state index in [0.717, 1.165) is 23.3 Å². The standard InChI is InChI=1S/C18H22N6O2/c1-23-7-8-26-15(16(23)14-4-6-22-24(14)2)11-21-18(25)13-9-12-3-5-19-17(12)20-10-13/h3-6,9-10,15-16H,7-8,11H2,1-2H3,(H,19,20)(H,21,25)/t15-,16-/m0/s1. The maximum atomic E-state index is 12.5. The molecular formula is C18H22N6O2. The van der Waals surface area contributed by atoms with Crippen molar-refractivity contribution in [1.82, 2.24) is 30.0 Å². The van der Waals surface area contributed by atoms with Crippen LogP contribution in [0.2, 0.25) is 0 Å². The van der Waals surface area contributed by atoms with Gasteiger partial charge in [0.05, 0.1) is 30.0 Å². The van der Waals surface area contributed by atoms with Gasteiger partial charge in [0.1, 0.15) is 5.65 Å². The van der Waals surface area contributed by atoms with Crippen molar-refractivity contribution in [2.24, 2.45) is 7.05 Å². The van der Waals surface area contributed by atoms with Crippen LogP contribution in [0.1, 0.15) is 22.1 Å². The highest BCUT2D eigenvalue weighted by Gasteiger charge is 2.33. The van der Waals surface area contributed by atoms with Gasteiger partial charge in [0.25, 0.3) is 5.91 Å². The average molecular weight is 354 g/mol. The smallest absolute Gasteiger partial charge is 0.252 e. The SMILES string of the molecule is CN1CCO[C@@H](CNC(=O)c2cnc3[nH]ccc3c2)[C@@H]1c1ccnn1C. The molecule has 1 aliphatic heterocycles. The summed E-state index contributed by atoms with van der Waals surface area (Å²) in [6.45, 7) is 1.90. The second-order valence-corrected chi connectivity index (χ2v) is 6.56. The Hall–Kier alpha value is -2.71. The summed E-state index contributed by atoms with van der Waals surface area (Å²) in [6.07, 6.45) is 5.03. The predicted molar refractivity (Wildman–Crippen MR) is 96.7 cm³/mol. The number of carbonyl (C=O) groups excluding carboxylic acids is 1. The van der Waals surface area contributed by atoms with Crippen LogP contribution < -0.4 is 5.32 Å². The number of rotatable bonds is 4. The number of nitrogens with one attached hydrogen (secondary N) is 2. The van der Waals surface area contributed by atoms with Crippen LogP contribution in [0, 0.1) is 0 Å². The van der Waals surface area contributed by atoms with Gasteiger partial charge in [0.2, 0.25) is 0 Å². The minimum atomic E-state index is -0.152. The highest BCUT2D eigenvalue weighted by molar-refractivity contribution is 5.96. The van der Waals surface area contributed by atoms with Crippen molar-refractivity contribution in [2.75, 3.05) is 26.7 Å². The molecule has 0 aromatic carbocycles. The topological polar surface area (TPSA) is 88.1 Å². The van der Waals surface area contributed by atoms with E-state index in [0.29, 0.717) is 18.7 Å². The predicted octanol–water partition coefficient (Wildman–Crippen LogP) is 1.10. The summed E-state index contributed by atoms with van der Waals surface area (Å²) >= 11 is 0. The molecule has 2 atom stereocenters. The molecule has 3 aromatic rings. The maximum Gasteiger partial charge on any atom is 0.252 e. The highest BCUT2D eigenvalue weighted by atomic mass is 16.5. The zero-order valence-corrected chi connectivity index (χ0v) is 14.8. The fourth-order valence-electron chi connectivity index (χ4n) is 3.48. The number of aromatic nitrogens is 4. The number of morpholine rings is 1. The molecule has 26 heavy (non-hydrogen) atoms. The van der Waals surface area contributed by atoms with E-state index in [1.165, 1.54) is 0 Å². The number of amides is 1. The molecule has 2 N–H and O–H groups in total. The van der Waals surface area contributed by atoms with E-state index in [2.05, 4.69) is 32.3 Å². The summed E-state index contributed by atoms with van der Waals surface area (Å²) in [5, 5.41) is 8.17. The number of aryl methyl sites for hydroxylation is 1. The van der Waals surface area contributed by atoms with Crippen LogP contribution in [0.4, 0.5) is 0 Å². The minimum Gasteiger partial charge on any atom is -0.373 e. The number of likely N-dealkylation sites (N-methyl/N-ethyl adjacent to an activating group) is 1. The summed E-state index contributed by atoms with van der Waals surface area (Å²) in [7, 11) is 3.99. The maximum absolute atomic E-state index is 12.5. The number of pyridine rings is 1. The molecule has 1 aliphatic rings. The molecule has 1 fully saturated rings. The lowest BCUT2D eigenvalue weighted by Crippen LogP contribution is -2.48. The number of ether oxygens (including phenoxy) is 1. The molecule has 0 radical (unpaired) electrons. The monoisotopic (exact) mass is 354 g/mol. The summed E-state index contributed by atoms with van der Waals surface area (Å²) in [5.41, 5.74) is 2.38. The van der Waals surface area contributed by atoms with Crippen molar-refractivity contribution < 1.29 is 9.53 Å². The normalized spacial score (nSPS) is 21.2. The number of H-pyrrole nitrogens is 1. The third-order valence-corrected chi connectivity index (χ3v) is 4.89. The van der Waals surface area contributed by atoms with E-state index >= 15 is 0 Å². The molecule has 0 aliphatic carbocycles. The van der Waals surface area contributed by atoms with Crippen LogP contribution in [0.5, 0.6) is 0 Å². The molecule has 3 aromatic heterocycles. The number of hydrogen-bond donors (Lipinski definition) is 2. The van der Waals surface area contributed by atoms with Gasteiger partial charge in [0.15, 0.2) is 0 Å². The van der Waals surface area contributed by atoms with Gasteiger partial charge in [-0.05, 0) is 25.2 Å². The Morgan fingerprint density at radius 1 is 1.42 bits per heavy atom. The summed E-state index contributed by atoms with van der Waals surface area (Å²) in [6, 6.07) is 5.77. The molecule has 136 valence electrons. The molecule has 4 heterocycles. The lowest BCUT2D eigenvalue weighted by Gasteiger charge is -2.39. The van der Waals surface area contributed by atoms with Gasteiger partial charge in [-0.2, -0.15) is 5.10 Å². The number of nitrogens with zero attached hydrogens (tertiary/aromatic N) is 4. The van der Waals surface area contributed by atoms with Crippen LogP contribution >= 0.6 is 0 Å². The van der Waals surface area contributed by atoms with Crippen molar-refractivity contribution in [3.8, 4) is 0 Å². The van der Waals surface area contributed by atoms with Crippen molar-refractivity contribution in [3.63, 3.8) is 0 Å². The van der Waals surface area contributed by atoms with Gasteiger partial charge in [0, 0.05) is 44.1 Å². The Morgan fingerprint density at radius 2 is 2.31 bits per heavy atom. The first-order chi connectivity index (χ1) is 12.6. The molecule has 0 saturated carbocycles. The Balaban J connectivity index is 1.48. The molecule has 8 heteroatoms. The Bertz CT molecular complexity index is 917. The van der Waals surface area contributed by atoms with Crippen molar-refractivity contribution in [1.29, 1.82) is 0 Å². The van der Waals surface area contributed by atoms with Gasteiger partial charge in [-0.15, -0.1) is 0 Å². The van der Waals surface area contributed by atoms with Crippen molar-refractivity contribution in [3.05, 3.63) is 48.0 Å². The van der Waals surface area contributed by atoms with Crippen LogP contribution in [0.25, 0.3) is 11.0 Å². The first-order valence-electron chi connectivity index (χ1n) is 8.64. The Morgan fingerprint density at radius 3 is 3.12 bits per heavy atom. The molecule has 4 rings (SSSR count). The third kappa shape index (κ3) is 3.09. The Labute approximate surface area is 151 Å². The summed E-state index contributed by atoms with van der Waals surface area (Å²) in [5.74, 6) is -0.152. The molecule has 0 spiro atoms. The van der Waals surface area contributed by atoms with Gasteiger partial charge in [-0.25, -0.2) is 4.98 Å². The zero-order chi connectivity index (χ0) is 18.1. The fourth-order valence-corrected chi connectivity index (χ4v) is 3.48. The second-order valence-electron chi connectivity index (χ2n) is 6.56. The van der Waals surface area contributed by atoms with E-state index in [1.54, 1.807) is 12.4 Å². The van der Waals surface area contributed by atoms with E-state index in [4.69, 9.17) is 4.74 Å². The fraction of sp³-hybridized carbons (Fsp3) is 0.389. The lowest BCUT2D eigenvalue weighted by atomic mass is 10.0. The molecule has 1 amide bonds. The summed E-state index contributed by atoms with van der Waals surface area (Å²) < 4.78 is 7.82. The van der Waals surface area contributed by atoms with Gasteiger partial charge in [-0.1, -0.05) is 0 Å². The molecule has 0 unspecified atom stereocenters.